The van der Waals surface area contributed by atoms with Gasteiger partial charge in [0, 0.05) is 12.1 Å². The Balaban J connectivity index is 2.04. The maximum atomic E-state index is 12.5. The van der Waals surface area contributed by atoms with Crippen LogP contribution in [0.1, 0.15) is 37.3 Å². The molecule has 146 valence electrons. The molecule has 3 N–H and O–H groups in total. The van der Waals surface area contributed by atoms with Crippen LogP contribution >= 0.6 is 0 Å². The van der Waals surface area contributed by atoms with Crippen LogP contribution < -0.4 is 4.74 Å². The summed E-state index contributed by atoms with van der Waals surface area (Å²) in [6, 6.07) is 5.75. The smallest absolute Gasteiger partial charge is 0.318 e. The fourth-order valence-corrected chi connectivity index (χ4v) is 3.42. The van der Waals surface area contributed by atoms with E-state index in [0.717, 1.165) is 31.4 Å². The third-order valence-electron chi connectivity index (χ3n) is 4.89. The van der Waals surface area contributed by atoms with Gasteiger partial charge >= 0.3 is 5.97 Å². The van der Waals surface area contributed by atoms with Crippen molar-refractivity contribution in [3.8, 4) is 34.1 Å². The van der Waals surface area contributed by atoms with Crippen LogP contribution in [0.2, 0.25) is 0 Å². The molecule has 1 aliphatic rings. The minimum atomic E-state index is -0.296. The van der Waals surface area contributed by atoms with Crippen LogP contribution in [0.5, 0.6) is 23.0 Å². The zero-order chi connectivity index (χ0) is 20.4. The Hall–Kier alpha value is -3.21. The van der Waals surface area contributed by atoms with E-state index in [2.05, 4.69) is 6.58 Å². The van der Waals surface area contributed by atoms with Gasteiger partial charge in [0.2, 0.25) is 0 Å². The first kappa shape index (κ1) is 19.5. The normalized spacial score (nSPS) is 16.0. The molecule has 0 radical (unpaired) electrons. The first-order chi connectivity index (χ1) is 13.3. The Kier molecular flexibility index (Phi) is 5.45. The second-order valence-electron chi connectivity index (χ2n) is 7.19. The van der Waals surface area contributed by atoms with Crippen molar-refractivity contribution in [2.24, 2.45) is 5.92 Å². The van der Waals surface area contributed by atoms with Gasteiger partial charge in [0.25, 0.3) is 0 Å². The highest BCUT2D eigenvalue weighted by Crippen LogP contribution is 2.44. The number of hydrogen-bond donors (Lipinski definition) is 3. The fourth-order valence-electron chi connectivity index (χ4n) is 3.42. The van der Waals surface area contributed by atoms with Gasteiger partial charge in [-0.1, -0.05) is 24.3 Å². The van der Waals surface area contributed by atoms with Crippen LogP contribution in [0, 0.1) is 12.8 Å². The summed E-state index contributed by atoms with van der Waals surface area (Å²) in [5.74, 6) is -0.865. The average molecular weight is 380 g/mol. The molecule has 0 amide bonds. The van der Waals surface area contributed by atoms with E-state index >= 15 is 0 Å². The highest BCUT2D eigenvalue weighted by atomic mass is 16.5. The Bertz CT molecular complexity index is 948. The van der Waals surface area contributed by atoms with Gasteiger partial charge in [0.05, 0.1) is 11.5 Å². The van der Waals surface area contributed by atoms with Gasteiger partial charge in [0.1, 0.15) is 23.0 Å². The summed E-state index contributed by atoms with van der Waals surface area (Å²) in [5.41, 5.74) is 2.71. The zero-order valence-electron chi connectivity index (χ0n) is 16.0. The summed E-state index contributed by atoms with van der Waals surface area (Å²) >= 11 is 0. The largest absolute Gasteiger partial charge is 0.508 e. The van der Waals surface area contributed by atoms with Gasteiger partial charge in [0.15, 0.2) is 0 Å². The van der Waals surface area contributed by atoms with Crippen LogP contribution in [0.3, 0.4) is 0 Å². The lowest BCUT2D eigenvalue weighted by molar-refractivity contribution is -0.137. The number of phenolic OH excluding ortho intramolecular Hbond substituents is 3. The maximum Gasteiger partial charge on any atom is 0.318 e. The predicted molar refractivity (Wildman–Crippen MR) is 108 cm³/mol. The third kappa shape index (κ3) is 3.88. The standard InChI is InChI=1S/C23H24O5/c1-13(2)17-12-21(28-23(27)15-7-5-4-6-8-15)14(3)9-18(17)22-19(25)10-16(24)11-20(22)26/h5,7,9-12,15,24-26H,1,4,6,8H2,2-3H3/t15-/m0/s1. The van der Waals surface area contributed by atoms with E-state index in [0.29, 0.717) is 28.0 Å². The van der Waals surface area contributed by atoms with Crippen molar-refractivity contribution in [3.63, 3.8) is 0 Å². The molecule has 5 heteroatoms. The summed E-state index contributed by atoms with van der Waals surface area (Å²) < 4.78 is 5.65. The number of esters is 1. The average Bonchev–Trinajstić information content (AvgIpc) is 2.63. The van der Waals surface area contributed by atoms with E-state index in [1.165, 1.54) is 0 Å². The number of carbonyl (C=O) groups is 1. The molecule has 0 aromatic heterocycles. The van der Waals surface area contributed by atoms with Crippen molar-refractivity contribution in [3.05, 3.63) is 54.1 Å². The van der Waals surface area contributed by atoms with E-state index < -0.39 is 0 Å². The molecule has 0 saturated carbocycles. The first-order valence-electron chi connectivity index (χ1n) is 9.22. The van der Waals surface area contributed by atoms with Crippen molar-refractivity contribution in [2.75, 3.05) is 0 Å². The molecule has 1 aliphatic carbocycles. The lowest BCUT2D eigenvalue weighted by atomic mass is 9.92. The molecule has 5 nitrogen and oxygen atoms in total. The highest BCUT2D eigenvalue weighted by Gasteiger charge is 2.22. The second kappa shape index (κ2) is 7.80. The van der Waals surface area contributed by atoms with Gasteiger partial charge in [-0.3, -0.25) is 4.79 Å². The van der Waals surface area contributed by atoms with Gasteiger partial charge in [-0.25, -0.2) is 0 Å². The quantitative estimate of drug-likeness (QED) is 0.391. The van der Waals surface area contributed by atoms with Crippen molar-refractivity contribution < 1.29 is 24.9 Å². The minimum absolute atomic E-state index is 0.187. The Morgan fingerprint density at radius 3 is 2.39 bits per heavy atom. The molecule has 0 bridgehead atoms. The van der Waals surface area contributed by atoms with E-state index in [4.69, 9.17) is 4.74 Å². The topological polar surface area (TPSA) is 87.0 Å². The second-order valence-corrected chi connectivity index (χ2v) is 7.19. The third-order valence-corrected chi connectivity index (χ3v) is 4.89. The maximum absolute atomic E-state index is 12.5. The van der Waals surface area contributed by atoms with Crippen LogP contribution in [0.25, 0.3) is 16.7 Å². The van der Waals surface area contributed by atoms with Crippen LogP contribution in [0.15, 0.2) is 43.0 Å². The fraction of sp³-hybridized carbons (Fsp3) is 0.261. The Labute approximate surface area is 164 Å². The van der Waals surface area contributed by atoms with Crippen LogP contribution in [0.4, 0.5) is 0 Å². The molecule has 3 rings (SSSR count). The zero-order valence-corrected chi connectivity index (χ0v) is 16.0. The minimum Gasteiger partial charge on any atom is -0.508 e. The molecule has 0 spiro atoms. The summed E-state index contributed by atoms with van der Waals surface area (Å²) in [4.78, 5) is 12.5. The summed E-state index contributed by atoms with van der Waals surface area (Å²) in [6.45, 7) is 7.54. The van der Waals surface area contributed by atoms with Gasteiger partial charge in [-0.2, -0.15) is 0 Å². The molecule has 0 saturated heterocycles. The van der Waals surface area contributed by atoms with E-state index in [-0.39, 0.29) is 34.7 Å². The number of benzene rings is 2. The molecule has 0 aliphatic heterocycles. The van der Waals surface area contributed by atoms with Gasteiger partial charge < -0.3 is 20.1 Å². The molecule has 2 aromatic carbocycles. The number of ether oxygens (including phenoxy) is 1. The first-order valence-corrected chi connectivity index (χ1v) is 9.22. The van der Waals surface area contributed by atoms with Gasteiger partial charge in [-0.15, -0.1) is 0 Å². The van der Waals surface area contributed by atoms with E-state index in [1.54, 1.807) is 26.0 Å². The van der Waals surface area contributed by atoms with Crippen LogP contribution in [-0.2, 0) is 4.79 Å². The molecular formula is C23H24O5. The van der Waals surface area contributed by atoms with E-state index in [1.807, 2.05) is 12.2 Å². The molecular weight excluding hydrogens is 356 g/mol. The molecule has 1 atom stereocenters. The summed E-state index contributed by atoms with van der Waals surface area (Å²) in [6.07, 6.45) is 6.61. The monoisotopic (exact) mass is 380 g/mol. The molecule has 0 unspecified atom stereocenters. The number of aryl methyl sites for hydroxylation is 1. The number of rotatable bonds is 4. The predicted octanol–water partition coefficient (Wildman–Crippen LogP) is 5.07. The van der Waals surface area contributed by atoms with Crippen molar-refractivity contribution >= 4 is 11.5 Å². The number of hydrogen-bond acceptors (Lipinski definition) is 5. The van der Waals surface area contributed by atoms with Gasteiger partial charge in [-0.05, 0) is 61.9 Å². The van der Waals surface area contributed by atoms with Crippen molar-refractivity contribution in [2.45, 2.75) is 33.1 Å². The highest BCUT2D eigenvalue weighted by molar-refractivity contribution is 5.88. The summed E-state index contributed by atoms with van der Waals surface area (Å²) in [7, 11) is 0. The number of carbonyl (C=O) groups excluding carboxylic acids is 1. The summed E-state index contributed by atoms with van der Waals surface area (Å²) in [5, 5.41) is 30.1. The molecule has 2 aromatic rings. The Morgan fingerprint density at radius 2 is 1.82 bits per heavy atom. The van der Waals surface area contributed by atoms with Crippen molar-refractivity contribution in [1.29, 1.82) is 0 Å². The van der Waals surface area contributed by atoms with E-state index in [9.17, 15) is 20.1 Å². The number of allylic oxidation sites excluding steroid dienone is 2. The molecule has 0 fully saturated rings. The molecule has 0 heterocycles. The number of aromatic hydroxyl groups is 3. The lowest BCUT2D eigenvalue weighted by Crippen LogP contribution is -2.20. The lowest BCUT2D eigenvalue weighted by Gasteiger charge is -2.19. The molecule has 28 heavy (non-hydrogen) atoms. The SMILES string of the molecule is C=C(C)c1cc(OC(=O)[C@H]2C=CCCC2)c(C)cc1-c1c(O)cc(O)cc1O. The van der Waals surface area contributed by atoms with Crippen LogP contribution in [-0.4, -0.2) is 21.3 Å². The Morgan fingerprint density at radius 1 is 1.14 bits per heavy atom. The van der Waals surface area contributed by atoms with Crippen molar-refractivity contribution in [1.82, 2.24) is 0 Å². The number of phenols is 3.